The van der Waals surface area contributed by atoms with Gasteiger partial charge in [0.2, 0.25) is 5.91 Å². The molecule has 0 bridgehead atoms. The summed E-state index contributed by atoms with van der Waals surface area (Å²) < 4.78 is 30.8. The normalized spacial score (nSPS) is 12.6. The van der Waals surface area contributed by atoms with E-state index in [1.54, 1.807) is 24.3 Å². The summed E-state index contributed by atoms with van der Waals surface area (Å²) in [6.07, 6.45) is 4.56. The lowest BCUT2D eigenvalue weighted by molar-refractivity contribution is -0.117. The fourth-order valence-corrected chi connectivity index (χ4v) is 5.53. The molecule has 7 nitrogen and oxygen atoms in total. The number of anilines is 1. The molecule has 4 aromatic carbocycles. The van der Waals surface area contributed by atoms with Crippen LogP contribution in [0.4, 0.5) is 5.69 Å². The molecule has 1 atom stereocenters. The highest BCUT2D eigenvalue weighted by molar-refractivity contribution is 7.85. The number of nitrogens with one attached hydrogen (secondary N) is 2. The van der Waals surface area contributed by atoms with E-state index in [2.05, 4.69) is 43.6 Å². The first kappa shape index (κ1) is 34.6. The van der Waals surface area contributed by atoms with Crippen molar-refractivity contribution in [3.05, 3.63) is 130 Å². The maximum Gasteiger partial charge on any atom is 0.266 e. The lowest BCUT2D eigenvalue weighted by Gasteiger charge is -2.19. The Labute approximate surface area is 276 Å². The number of carbonyl (C=O) groups is 2. The summed E-state index contributed by atoms with van der Waals surface area (Å²) in [6.45, 7) is 8.16. The Balaban J connectivity index is 1.56. The fourth-order valence-electron chi connectivity index (χ4n) is 4.83. The van der Waals surface area contributed by atoms with Gasteiger partial charge in [0.25, 0.3) is 16.0 Å². The molecule has 4 aromatic rings. The van der Waals surface area contributed by atoms with Crippen LogP contribution < -0.4 is 10.6 Å². The summed E-state index contributed by atoms with van der Waals surface area (Å²) in [5.74, 6) is -1.74. The highest BCUT2D eigenvalue weighted by Gasteiger charge is 2.22. The molecule has 0 saturated heterocycles. The number of amides is 2. The second-order valence-electron chi connectivity index (χ2n) is 12.4. The lowest BCUT2D eigenvalue weighted by Crippen LogP contribution is -2.28. The molecular weight excluding hydrogens is 620 g/mol. The second-order valence-corrected chi connectivity index (χ2v) is 14.4. The van der Waals surface area contributed by atoms with Crippen LogP contribution in [-0.4, -0.2) is 37.1 Å². The Bertz CT molecular complexity index is 1830. The average molecular weight is 659 g/mol. The van der Waals surface area contributed by atoms with Crippen LogP contribution in [0.2, 0.25) is 5.02 Å². The van der Waals surface area contributed by atoms with Crippen molar-refractivity contribution in [2.75, 3.05) is 17.6 Å². The van der Waals surface area contributed by atoms with Gasteiger partial charge in [0.05, 0.1) is 11.7 Å². The van der Waals surface area contributed by atoms with Crippen molar-refractivity contribution in [3.8, 4) is 11.1 Å². The summed E-state index contributed by atoms with van der Waals surface area (Å²) in [5.41, 5.74) is 6.61. The van der Waals surface area contributed by atoms with Crippen molar-refractivity contribution in [1.29, 1.82) is 0 Å². The number of halogens is 1. The molecule has 46 heavy (non-hydrogen) atoms. The molecule has 0 radical (unpaired) electrons. The molecule has 1 unspecified atom stereocenters. The minimum absolute atomic E-state index is 0.00212. The molecule has 0 aliphatic carbocycles. The van der Waals surface area contributed by atoms with Crippen LogP contribution in [0, 0.1) is 12.3 Å². The molecule has 0 saturated carbocycles. The van der Waals surface area contributed by atoms with Crippen molar-refractivity contribution in [2.24, 2.45) is 5.41 Å². The number of hydrogen-bond donors (Lipinski definition) is 3. The summed E-state index contributed by atoms with van der Waals surface area (Å²) in [5, 5.41) is 6.23. The van der Waals surface area contributed by atoms with Crippen LogP contribution in [0.5, 0.6) is 0 Å². The minimum Gasteiger partial charge on any atom is -0.351 e. The molecule has 0 aliphatic rings. The molecule has 0 spiro atoms. The third-order valence-electron chi connectivity index (χ3n) is 7.29. The molecule has 240 valence electrons. The van der Waals surface area contributed by atoms with Gasteiger partial charge in [-0.15, -0.1) is 0 Å². The first-order valence-electron chi connectivity index (χ1n) is 15.0. The molecule has 3 N–H and O–H groups in total. The van der Waals surface area contributed by atoms with Crippen molar-refractivity contribution in [3.63, 3.8) is 0 Å². The van der Waals surface area contributed by atoms with Crippen molar-refractivity contribution >= 4 is 45.3 Å². The van der Waals surface area contributed by atoms with Crippen molar-refractivity contribution in [2.45, 2.75) is 40.0 Å². The Morgan fingerprint density at radius 3 is 2.26 bits per heavy atom. The first-order chi connectivity index (χ1) is 21.7. The van der Waals surface area contributed by atoms with E-state index in [0.29, 0.717) is 22.7 Å². The van der Waals surface area contributed by atoms with Gasteiger partial charge in [-0.05, 0) is 76.9 Å². The van der Waals surface area contributed by atoms with Gasteiger partial charge in [0.15, 0.2) is 0 Å². The van der Waals surface area contributed by atoms with Crippen LogP contribution in [0.3, 0.4) is 0 Å². The van der Waals surface area contributed by atoms with E-state index in [1.807, 2.05) is 73.7 Å². The van der Waals surface area contributed by atoms with Crippen LogP contribution in [0.1, 0.15) is 59.3 Å². The zero-order valence-electron chi connectivity index (χ0n) is 26.4. The SMILES string of the molecule is Cc1ccc(-c2ccc(NC(=O)C(Cc3ccc(C(=O)NCCS(=O)(=O)O)cc3)c3cccc(/C=C/C(C)(C)C)c3)cc2)c(Cl)c1. The van der Waals surface area contributed by atoms with Crippen LogP contribution >= 0.6 is 11.6 Å². The molecule has 0 heterocycles. The minimum atomic E-state index is -4.17. The van der Waals surface area contributed by atoms with E-state index in [1.165, 1.54) is 0 Å². The predicted molar refractivity (Wildman–Crippen MR) is 187 cm³/mol. The Kier molecular flexibility index (Phi) is 11.2. The summed E-state index contributed by atoms with van der Waals surface area (Å²) >= 11 is 6.47. The Morgan fingerprint density at radius 1 is 0.935 bits per heavy atom. The number of allylic oxidation sites excluding steroid dienone is 1. The monoisotopic (exact) mass is 658 g/mol. The van der Waals surface area contributed by atoms with Gasteiger partial charge in [-0.3, -0.25) is 14.1 Å². The summed E-state index contributed by atoms with van der Waals surface area (Å²) in [6, 6.07) is 28.2. The summed E-state index contributed by atoms with van der Waals surface area (Å²) in [7, 11) is -4.17. The van der Waals surface area contributed by atoms with E-state index in [4.69, 9.17) is 16.2 Å². The fraction of sp³-hybridized carbons (Fsp3) is 0.243. The van der Waals surface area contributed by atoms with Gasteiger partial charge in [0.1, 0.15) is 0 Å². The topological polar surface area (TPSA) is 113 Å². The Morgan fingerprint density at radius 2 is 1.63 bits per heavy atom. The van der Waals surface area contributed by atoms with Gasteiger partial charge in [-0.25, -0.2) is 0 Å². The third kappa shape index (κ3) is 10.4. The maximum absolute atomic E-state index is 13.9. The molecule has 9 heteroatoms. The van der Waals surface area contributed by atoms with Crippen LogP contribution in [0.15, 0.2) is 97.1 Å². The average Bonchev–Trinajstić information content (AvgIpc) is 2.99. The van der Waals surface area contributed by atoms with Gasteiger partial charge < -0.3 is 10.6 Å². The number of rotatable bonds is 11. The van der Waals surface area contributed by atoms with Gasteiger partial charge in [0, 0.05) is 28.4 Å². The Hall–Kier alpha value is -4.24. The van der Waals surface area contributed by atoms with E-state index in [0.717, 1.165) is 33.4 Å². The van der Waals surface area contributed by atoms with E-state index in [9.17, 15) is 18.0 Å². The van der Waals surface area contributed by atoms with Crippen LogP contribution in [-0.2, 0) is 21.3 Å². The standard InChI is InChI=1S/C37H39ClN2O5S/c1-25-8-17-32(34(38)22-25)28-13-15-31(16-14-28)40-36(42)33(30-7-5-6-26(23-30)18-19-37(2,3)4)24-27-9-11-29(12-10-27)35(41)39-20-21-46(43,44)45/h5-19,22-23,33H,20-21,24H2,1-4H3,(H,39,41)(H,40,42)(H,43,44,45)/b19-18+. The molecule has 0 fully saturated rings. The number of benzene rings is 4. The van der Waals surface area contributed by atoms with Gasteiger partial charge in [-0.1, -0.05) is 105 Å². The predicted octanol–water partition coefficient (Wildman–Crippen LogP) is 7.96. The lowest BCUT2D eigenvalue weighted by atomic mass is 9.89. The zero-order valence-corrected chi connectivity index (χ0v) is 28.0. The summed E-state index contributed by atoms with van der Waals surface area (Å²) in [4.78, 5) is 26.3. The number of carbonyl (C=O) groups excluding carboxylic acids is 2. The van der Waals surface area contributed by atoms with E-state index in [-0.39, 0.29) is 17.9 Å². The third-order valence-corrected chi connectivity index (χ3v) is 8.33. The van der Waals surface area contributed by atoms with Crippen molar-refractivity contribution < 1.29 is 22.6 Å². The zero-order chi connectivity index (χ0) is 33.5. The quantitative estimate of drug-likeness (QED) is 0.142. The smallest absolute Gasteiger partial charge is 0.266 e. The van der Waals surface area contributed by atoms with Gasteiger partial charge in [-0.2, -0.15) is 8.42 Å². The molecule has 0 aliphatic heterocycles. The first-order valence-corrected chi connectivity index (χ1v) is 16.9. The molecular formula is C37H39ClN2O5S. The van der Waals surface area contributed by atoms with Crippen LogP contribution in [0.25, 0.3) is 17.2 Å². The largest absolute Gasteiger partial charge is 0.351 e. The highest BCUT2D eigenvalue weighted by Crippen LogP contribution is 2.31. The molecule has 2 amide bonds. The maximum atomic E-state index is 13.9. The van der Waals surface area contributed by atoms with Gasteiger partial charge >= 0.3 is 0 Å². The number of aryl methyl sites for hydroxylation is 1. The van der Waals surface area contributed by atoms with Crippen molar-refractivity contribution in [1.82, 2.24) is 5.32 Å². The van der Waals surface area contributed by atoms with E-state index >= 15 is 0 Å². The molecule has 0 aromatic heterocycles. The second kappa shape index (κ2) is 14.9. The van der Waals surface area contributed by atoms with E-state index < -0.39 is 27.7 Å². The molecule has 4 rings (SSSR count). The highest BCUT2D eigenvalue weighted by atomic mass is 35.5. The number of hydrogen-bond acceptors (Lipinski definition) is 4.